The number of carbonyl (C=O) groups is 1. The summed E-state index contributed by atoms with van der Waals surface area (Å²) in [6.45, 7) is 0.400. The number of nitrogens with zero attached hydrogens (tertiary/aromatic N) is 1. The standard InChI is InChI=1S/C20H16Cl2N2OS/c21-16-7-8-18(22)19(11-16)26-13-14-4-3-5-15(10-14)20(25)24-12-17-6-1-2-9-23-17/h1-11H,12-13H2,(H,24,25). The third-order valence-corrected chi connectivity index (χ3v) is 5.44. The van der Waals surface area contributed by atoms with Gasteiger partial charge < -0.3 is 5.32 Å². The van der Waals surface area contributed by atoms with Crippen molar-refractivity contribution < 1.29 is 4.79 Å². The molecule has 0 fully saturated rings. The molecule has 0 unspecified atom stereocenters. The molecule has 0 aliphatic carbocycles. The van der Waals surface area contributed by atoms with Gasteiger partial charge in [0.25, 0.3) is 5.91 Å². The molecular weight excluding hydrogens is 387 g/mol. The number of carbonyl (C=O) groups excluding carboxylic acids is 1. The number of hydrogen-bond donors (Lipinski definition) is 1. The fourth-order valence-corrected chi connectivity index (χ4v) is 3.76. The number of benzene rings is 2. The lowest BCUT2D eigenvalue weighted by Crippen LogP contribution is -2.23. The average molecular weight is 403 g/mol. The number of pyridine rings is 1. The van der Waals surface area contributed by atoms with E-state index in [2.05, 4.69) is 10.3 Å². The Hall–Kier alpha value is -2.01. The number of halogens is 2. The maximum absolute atomic E-state index is 12.4. The molecular formula is C20H16Cl2N2OS. The molecule has 1 aromatic heterocycles. The molecule has 0 spiro atoms. The van der Waals surface area contributed by atoms with Crippen LogP contribution in [0, 0.1) is 0 Å². The number of nitrogens with one attached hydrogen (secondary N) is 1. The van der Waals surface area contributed by atoms with E-state index in [9.17, 15) is 4.79 Å². The van der Waals surface area contributed by atoms with Gasteiger partial charge in [-0.15, -0.1) is 11.8 Å². The van der Waals surface area contributed by atoms with Crippen LogP contribution in [0.5, 0.6) is 0 Å². The van der Waals surface area contributed by atoms with E-state index < -0.39 is 0 Å². The summed E-state index contributed by atoms with van der Waals surface area (Å²) in [4.78, 5) is 17.5. The van der Waals surface area contributed by atoms with Crippen molar-refractivity contribution in [3.8, 4) is 0 Å². The lowest BCUT2D eigenvalue weighted by Gasteiger charge is -2.08. The van der Waals surface area contributed by atoms with Crippen LogP contribution < -0.4 is 5.32 Å². The molecule has 1 heterocycles. The molecule has 0 radical (unpaired) electrons. The predicted molar refractivity (Wildman–Crippen MR) is 108 cm³/mol. The zero-order valence-electron chi connectivity index (χ0n) is 13.8. The Morgan fingerprint density at radius 3 is 2.73 bits per heavy atom. The molecule has 3 rings (SSSR count). The second-order valence-electron chi connectivity index (χ2n) is 5.57. The topological polar surface area (TPSA) is 42.0 Å². The van der Waals surface area contributed by atoms with Gasteiger partial charge in [0.1, 0.15) is 0 Å². The Balaban J connectivity index is 1.62. The van der Waals surface area contributed by atoms with Gasteiger partial charge >= 0.3 is 0 Å². The fourth-order valence-electron chi connectivity index (χ4n) is 2.33. The third-order valence-electron chi connectivity index (χ3n) is 3.63. The van der Waals surface area contributed by atoms with Crippen molar-refractivity contribution >= 4 is 40.9 Å². The molecule has 3 aromatic rings. The van der Waals surface area contributed by atoms with E-state index in [0.717, 1.165) is 16.2 Å². The highest BCUT2D eigenvalue weighted by Crippen LogP contribution is 2.32. The van der Waals surface area contributed by atoms with Crippen LogP contribution in [0.3, 0.4) is 0 Å². The van der Waals surface area contributed by atoms with E-state index in [1.807, 2.05) is 42.5 Å². The summed E-state index contributed by atoms with van der Waals surface area (Å²) < 4.78 is 0. The van der Waals surface area contributed by atoms with Crippen LogP contribution in [0.4, 0.5) is 0 Å². The third kappa shape index (κ3) is 5.24. The van der Waals surface area contributed by atoms with Crippen molar-refractivity contribution in [2.45, 2.75) is 17.2 Å². The van der Waals surface area contributed by atoms with Crippen LogP contribution in [0.2, 0.25) is 10.0 Å². The van der Waals surface area contributed by atoms with Gasteiger partial charge in [-0.05, 0) is 48.0 Å². The second kappa shape index (κ2) is 9.08. The largest absolute Gasteiger partial charge is 0.346 e. The van der Waals surface area contributed by atoms with Crippen LogP contribution >= 0.6 is 35.0 Å². The van der Waals surface area contributed by atoms with Crippen molar-refractivity contribution in [1.82, 2.24) is 10.3 Å². The van der Waals surface area contributed by atoms with E-state index in [-0.39, 0.29) is 5.91 Å². The fraction of sp³-hybridized carbons (Fsp3) is 0.100. The monoisotopic (exact) mass is 402 g/mol. The molecule has 1 N–H and O–H groups in total. The molecule has 1 amide bonds. The van der Waals surface area contributed by atoms with Crippen molar-refractivity contribution in [2.24, 2.45) is 0 Å². The van der Waals surface area contributed by atoms with Gasteiger partial charge in [0.2, 0.25) is 0 Å². The Morgan fingerprint density at radius 1 is 1.04 bits per heavy atom. The van der Waals surface area contributed by atoms with Gasteiger partial charge in [-0.25, -0.2) is 0 Å². The highest BCUT2D eigenvalue weighted by atomic mass is 35.5. The van der Waals surface area contributed by atoms with Crippen LogP contribution in [-0.2, 0) is 12.3 Å². The van der Waals surface area contributed by atoms with Gasteiger partial charge in [-0.2, -0.15) is 0 Å². The number of hydrogen-bond acceptors (Lipinski definition) is 3. The van der Waals surface area contributed by atoms with Crippen molar-refractivity contribution in [3.05, 3.63) is 93.7 Å². The van der Waals surface area contributed by atoms with Crippen LogP contribution in [0.15, 0.2) is 71.8 Å². The van der Waals surface area contributed by atoms with E-state index >= 15 is 0 Å². The van der Waals surface area contributed by atoms with E-state index in [4.69, 9.17) is 23.2 Å². The molecule has 0 saturated carbocycles. The summed E-state index contributed by atoms with van der Waals surface area (Å²) in [6.07, 6.45) is 1.71. The first-order valence-electron chi connectivity index (χ1n) is 7.97. The number of amides is 1. The molecule has 6 heteroatoms. The van der Waals surface area contributed by atoms with Gasteiger partial charge in [-0.1, -0.05) is 41.4 Å². The summed E-state index contributed by atoms with van der Waals surface area (Å²) in [7, 11) is 0. The molecule has 0 saturated heterocycles. The highest BCUT2D eigenvalue weighted by Gasteiger charge is 2.08. The Morgan fingerprint density at radius 2 is 1.92 bits per heavy atom. The van der Waals surface area contributed by atoms with Gasteiger partial charge in [0.05, 0.1) is 17.3 Å². The Labute approximate surface area is 166 Å². The van der Waals surface area contributed by atoms with E-state index in [0.29, 0.717) is 27.9 Å². The number of rotatable bonds is 6. The first-order valence-corrected chi connectivity index (χ1v) is 9.71. The van der Waals surface area contributed by atoms with Crippen LogP contribution in [0.1, 0.15) is 21.6 Å². The molecule has 3 nitrogen and oxygen atoms in total. The average Bonchev–Trinajstić information content (AvgIpc) is 2.68. The van der Waals surface area contributed by atoms with Gasteiger partial charge in [0, 0.05) is 27.4 Å². The maximum atomic E-state index is 12.4. The quantitative estimate of drug-likeness (QED) is 0.544. The summed E-state index contributed by atoms with van der Waals surface area (Å²) in [5.41, 5.74) is 2.48. The molecule has 132 valence electrons. The molecule has 0 bridgehead atoms. The highest BCUT2D eigenvalue weighted by molar-refractivity contribution is 7.98. The van der Waals surface area contributed by atoms with Gasteiger partial charge in [-0.3, -0.25) is 9.78 Å². The smallest absolute Gasteiger partial charge is 0.251 e. The summed E-state index contributed by atoms with van der Waals surface area (Å²) in [6, 6.07) is 18.6. The zero-order valence-corrected chi connectivity index (χ0v) is 16.1. The second-order valence-corrected chi connectivity index (χ2v) is 7.43. The Bertz CT molecular complexity index is 903. The van der Waals surface area contributed by atoms with E-state index in [1.165, 1.54) is 0 Å². The summed E-state index contributed by atoms with van der Waals surface area (Å²) >= 11 is 13.8. The normalized spacial score (nSPS) is 10.5. The lowest BCUT2D eigenvalue weighted by molar-refractivity contribution is 0.0950. The molecule has 0 aliphatic rings. The lowest BCUT2D eigenvalue weighted by atomic mass is 10.1. The summed E-state index contributed by atoms with van der Waals surface area (Å²) in [5, 5.41) is 4.21. The van der Waals surface area contributed by atoms with Crippen molar-refractivity contribution in [1.29, 1.82) is 0 Å². The molecule has 26 heavy (non-hydrogen) atoms. The minimum Gasteiger partial charge on any atom is -0.346 e. The van der Waals surface area contributed by atoms with Crippen molar-refractivity contribution in [3.63, 3.8) is 0 Å². The molecule has 0 atom stereocenters. The number of aromatic nitrogens is 1. The molecule has 0 aliphatic heterocycles. The van der Waals surface area contributed by atoms with Crippen LogP contribution in [0.25, 0.3) is 0 Å². The first kappa shape index (κ1) is 18.8. The van der Waals surface area contributed by atoms with E-state index in [1.54, 1.807) is 36.2 Å². The minimum atomic E-state index is -0.122. The Kier molecular flexibility index (Phi) is 6.56. The first-order chi connectivity index (χ1) is 12.6. The van der Waals surface area contributed by atoms with Crippen molar-refractivity contribution in [2.75, 3.05) is 0 Å². The molecule has 2 aromatic carbocycles. The zero-order chi connectivity index (χ0) is 18.4. The van der Waals surface area contributed by atoms with Gasteiger partial charge in [0.15, 0.2) is 0 Å². The van der Waals surface area contributed by atoms with Crippen LogP contribution in [-0.4, -0.2) is 10.9 Å². The SMILES string of the molecule is O=C(NCc1ccccn1)c1cccc(CSc2cc(Cl)ccc2Cl)c1. The number of thioether (sulfide) groups is 1. The summed E-state index contributed by atoms with van der Waals surface area (Å²) in [5.74, 6) is 0.574. The minimum absolute atomic E-state index is 0.122. The predicted octanol–water partition coefficient (Wildman–Crippen LogP) is 5.61. The maximum Gasteiger partial charge on any atom is 0.251 e.